The molecule has 0 atom stereocenters. The van der Waals surface area contributed by atoms with E-state index in [1.54, 1.807) is 48.5 Å². The second kappa shape index (κ2) is 9.50. The molecule has 0 unspecified atom stereocenters. The molecule has 4 amide bonds. The first kappa shape index (κ1) is 23.8. The van der Waals surface area contributed by atoms with Crippen LogP contribution in [0.15, 0.2) is 72.8 Å². The number of ether oxygens (including phenoxy) is 2. The van der Waals surface area contributed by atoms with Crippen LogP contribution >= 0.6 is 0 Å². The number of aryl methyl sites for hydroxylation is 1. The zero-order chi connectivity index (χ0) is 25.2. The standard InChI is InChI=1S/C27H26N2O6/c1-18-4-12-22(13-5-18)34-25(32)28-16-17-29(24(28)31)26(33)35-23-14-8-20(9-15-23)27(2,3)19-6-10-21(30)11-7-19/h4-15,30H,16-17H2,1-3H3. The third kappa shape index (κ3) is 5.11. The van der Waals surface area contributed by atoms with E-state index in [2.05, 4.69) is 0 Å². The molecule has 1 N–H and O–H groups in total. The maximum atomic E-state index is 12.6. The van der Waals surface area contributed by atoms with Crippen molar-refractivity contribution in [1.29, 1.82) is 0 Å². The van der Waals surface area contributed by atoms with Gasteiger partial charge >= 0.3 is 18.2 Å². The number of carbonyl (C=O) groups is 3. The molecule has 0 spiro atoms. The number of imide groups is 2. The van der Waals surface area contributed by atoms with Crippen LogP contribution in [-0.2, 0) is 5.41 Å². The van der Waals surface area contributed by atoms with Crippen molar-refractivity contribution in [2.24, 2.45) is 0 Å². The summed E-state index contributed by atoms with van der Waals surface area (Å²) in [5.74, 6) is 0.781. The molecule has 1 saturated heterocycles. The molecular weight excluding hydrogens is 448 g/mol. The summed E-state index contributed by atoms with van der Waals surface area (Å²) >= 11 is 0. The minimum absolute atomic E-state index is 0.00658. The number of carbonyl (C=O) groups excluding carboxylic acids is 3. The Morgan fingerprint density at radius 2 is 1.14 bits per heavy atom. The Morgan fingerprint density at radius 1 is 0.743 bits per heavy atom. The summed E-state index contributed by atoms with van der Waals surface area (Å²) in [4.78, 5) is 39.4. The van der Waals surface area contributed by atoms with Crippen LogP contribution in [0.2, 0.25) is 0 Å². The largest absolute Gasteiger partial charge is 0.508 e. The average Bonchev–Trinajstić information content (AvgIpc) is 3.23. The first-order valence-corrected chi connectivity index (χ1v) is 11.1. The SMILES string of the molecule is Cc1ccc(OC(=O)N2CCN(C(=O)Oc3ccc(C(C)(C)c4ccc(O)cc4)cc3)C2=O)cc1. The normalized spacial score (nSPS) is 13.6. The molecule has 1 aliphatic heterocycles. The highest BCUT2D eigenvalue weighted by Crippen LogP contribution is 2.33. The van der Waals surface area contributed by atoms with Gasteiger partial charge in [0.25, 0.3) is 0 Å². The smallest absolute Gasteiger partial charge is 0.423 e. The molecule has 3 aromatic rings. The number of benzene rings is 3. The van der Waals surface area contributed by atoms with Crippen molar-refractivity contribution in [3.05, 3.63) is 89.5 Å². The highest BCUT2D eigenvalue weighted by atomic mass is 16.6. The van der Waals surface area contributed by atoms with Crippen LogP contribution in [-0.4, -0.2) is 46.2 Å². The van der Waals surface area contributed by atoms with Crippen molar-refractivity contribution in [3.63, 3.8) is 0 Å². The number of nitrogens with zero attached hydrogens (tertiary/aromatic N) is 2. The Labute approximate surface area is 203 Å². The van der Waals surface area contributed by atoms with Crippen molar-refractivity contribution < 1.29 is 29.0 Å². The third-order valence-electron chi connectivity index (χ3n) is 6.05. The number of hydrogen-bond donors (Lipinski definition) is 1. The molecule has 35 heavy (non-hydrogen) atoms. The Morgan fingerprint density at radius 3 is 1.60 bits per heavy atom. The summed E-state index contributed by atoms with van der Waals surface area (Å²) in [6.45, 7) is 6.02. The molecule has 180 valence electrons. The average molecular weight is 475 g/mol. The molecule has 8 nitrogen and oxygen atoms in total. The number of phenols is 1. The fourth-order valence-electron chi connectivity index (χ4n) is 3.78. The molecular formula is C27H26N2O6. The van der Waals surface area contributed by atoms with Crippen LogP contribution in [0.1, 0.15) is 30.5 Å². The summed E-state index contributed by atoms with van der Waals surface area (Å²) in [7, 11) is 0. The third-order valence-corrected chi connectivity index (χ3v) is 6.05. The summed E-state index contributed by atoms with van der Waals surface area (Å²) in [6.07, 6.45) is -1.72. The molecule has 0 aliphatic carbocycles. The highest BCUT2D eigenvalue weighted by molar-refractivity contribution is 6.01. The van der Waals surface area contributed by atoms with Crippen LogP contribution in [0.25, 0.3) is 0 Å². The molecule has 1 aliphatic rings. The second-order valence-corrected chi connectivity index (χ2v) is 8.83. The van der Waals surface area contributed by atoms with E-state index in [1.165, 1.54) is 0 Å². The van der Waals surface area contributed by atoms with Gasteiger partial charge in [0, 0.05) is 5.41 Å². The van der Waals surface area contributed by atoms with E-state index in [4.69, 9.17) is 9.47 Å². The lowest BCUT2D eigenvalue weighted by atomic mass is 9.78. The van der Waals surface area contributed by atoms with E-state index >= 15 is 0 Å². The predicted octanol–water partition coefficient (Wildman–Crippen LogP) is 5.46. The molecule has 3 aromatic carbocycles. The van der Waals surface area contributed by atoms with E-state index in [1.807, 2.05) is 45.0 Å². The molecule has 0 saturated carbocycles. The van der Waals surface area contributed by atoms with Gasteiger partial charge in [0.2, 0.25) is 0 Å². The first-order chi connectivity index (χ1) is 16.6. The van der Waals surface area contributed by atoms with Crippen molar-refractivity contribution in [2.75, 3.05) is 13.1 Å². The Hall–Kier alpha value is -4.33. The van der Waals surface area contributed by atoms with Crippen LogP contribution in [0.5, 0.6) is 17.2 Å². The van der Waals surface area contributed by atoms with Crippen molar-refractivity contribution >= 4 is 18.2 Å². The second-order valence-electron chi connectivity index (χ2n) is 8.83. The number of aromatic hydroxyl groups is 1. The van der Waals surface area contributed by atoms with E-state index in [9.17, 15) is 19.5 Å². The Kier molecular flexibility index (Phi) is 6.46. The van der Waals surface area contributed by atoms with E-state index < -0.39 is 18.2 Å². The zero-order valence-corrected chi connectivity index (χ0v) is 19.7. The van der Waals surface area contributed by atoms with Gasteiger partial charge in [-0.05, 0) is 54.4 Å². The lowest BCUT2D eigenvalue weighted by Gasteiger charge is -2.26. The highest BCUT2D eigenvalue weighted by Gasteiger charge is 2.39. The zero-order valence-electron chi connectivity index (χ0n) is 19.7. The lowest BCUT2D eigenvalue weighted by Crippen LogP contribution is -2.41. The van der Waals surface area contributed by atoms with Gasteiger partial charge in [-0.2, -0.15) is 0 Å². The summed E-state index contributed by atoms with van der Waals surface area (Å²) < 4.78 is 10.6. The van der Waals surface area contributed by atoms with Gasteiger partial charge in [0.05, 0.1) is 13.1 Å². The minimum Gasteiger partial charge on any atom is -0.508 e. The van der Waals surface area contributed by atoms with Gasteiger partial charge in [-0.25, -0.2) is 24.2 Å². The molecule has 1 heterocycles. The minimum atomic E-state index is -0.869. The quantitative estimate of drug-likeness (QED) is 0.539. The number of urea groups is 1. The maximum Gasteiger partial charge on any atom is 0.423 e. The molecule has 4 rings (SSSR count). The Bertz CT molecular complexity index is 1230. The van der Waals surface area contributed by atoms with E-state index in [0.29, 0.717) is 5.75 Å². The van der Waals surface area contributed by atoms with Gasteiger partial charge in [-0.3, -0.25) is 0 Å². The fourth-order valence-corrected chi connectivity index (χ4v) is 3.78. The van der Waals surface area contributed by atoms with Crippen LogP contribution in [0.4, 0.5) is 14.4 Å². The summed E-state index contributed by atoms with van der Waals surface area (Å²) in [5, 5.41) is 9.54. The topological polar surface area (TPSA) is 96.4 Å². The first-order valence-electron chi connectivity index (χ1n) is 11.1. The van der Waals surface area contributed by atoms with Crippen LogP contribution < -0.4 is 9.47 Å². The van der Waals surface area contributed by atoms with E-state index in [-0.39, 0.29) is 30.0 Å². The number of amides is 4. The summed E-state index contributed by atoms with van der Waals surface area (Å²) in [5.41, 5.74) is 2.65. The van der Waals surface area contributed by atoms with Gasteiger partial charge in [0.15, 0.2) is 0 Å². The summed E-state index contributed by atoms with van der Waals surface area (Å²) in [6, 6.07) is 20.0. The molecule has 0 radical (unpaired) electrons. The molecule has 0 aromatic heterocycles. The fraction of sp³-hybridized carbons (Fsp3) is 0.222. The Balaban J connectivity index is 1.38. The number of rotatable bonds is 4. The molecule has 1 fully saturated rings. The van der Waals surface area contributed by atoms with Crippen molar-refractivity contribution in [2.45, 2.75) is 26.2 Å². The van der Waals surface area contributed by atoms with Crippen LogP contribution in [0.3, 0.4) is 0 Å². The van der Waals surface area contributed by atoms with Gasteiger partial charge < -0.3 is 14.6 Å². The number of phenolic OH excluding ortho intramolecular Hbond substituents is 1. The van der Waals surface area contributed by atoms with Crippen molar-refractivity contribution in [3.8, 4) is 17.2 Å². The molecule has 0 bridgehead atoms. The van der Waals surface area contributed by atoms with Crippen LogP contribution in [0, 0.1) is 6.92 Å². The van der Waals surface area contributed by atoms with Crippen molar-refractivity contribution in [1.82, 2.24) is 9.80 Å². The monoisotopic (exact) mass is 474 g/mol. The number of hydrogen-bond acceptors (Lipinski definition) is 6. The molecule has 8 heteroatoms. The van der Waals surface area contributed by atoms with Gasteiger partial charge in [-0.15, -0.1) is 0 Å². The maximum absolute atomic E-state index is 12.6. The lowest BCUT2D eigenvalue weighted by molar-refractivity contribution is 0.149. The van der Waals surface area contributed by atoms with E-state index in [0.717, 1.165) is 26.5 Å². The van der Waals surface area contributed by atoms with Gasteiger partial charge in [-0.1, -0.05) is 55.8 Å². The predicted molar refractivity (Wildman–Crippen MR) is 129 cm³/mol. The van der Waals surface area contributed by atoms with Gasteiger partial charge in [0.1, 0.15) is 17.2 Å².